The van der Waals surface area contributed by atoms with Gasteiger partial charge < -0.3 is 8.98 Å². The van der Waals surface area contributed by atoms with Crippen molar-refractivity contribution in [1.29, 1.82) is 0 Å². The van der Waals surface area contributed by atoms with Crippen LogP contribution in [0.4, 0.5) is 5.69 Å². The van der Waals surface area contributed by atoms with E-state index in [1.807, 2.05) is 42.1 Å². The summed E-state index contributed by atoms with van der Waals surface area (Å²) in [6, 6.07) is 14.0. The first-order valence-electron chi connectivity index (χ1n) is 8.49. The summed E-state index contributed by atoms with van der Waals surface area (Å²) >= 11 is 4.93. The lowest BCUT2D eigenvalue weighted by Gasteiger charge is -2.05. The molecule has 0 saturated heterocycles. The summed E-state index contributed by atoms with van der Waals surface area (Å²) in [6.45, 7) is 0. The van der Waals surface area contributed by atoms with E-state index in [-0.39, 0.29) is 5.69 Å². The van der Waals surface area contributed by atoms with Crippen molar-refractivity contribution in [2.45, 2.75) is 10.9 Å². The Morgan fingerprint density at radius 3 is 2.48 bits per heavy atom. The lowest BCUT2D eigenvalue weighted by atomic mass is 10.2. The maximum Gasteiger partial charge on any atom is 0.269 e. The first-order valence-corrected chi connectivity index (χ1v) is 10.3. The van der Waals surface area contributed by atoms with Gasteiger partial charge in [-0.05, 0) is 29.8 Å². The Morgan fingerprint density at radius 2 is 1.79 bits per heavy atom. The Bertz CT molecular complexity index is 1160. The highest BCUT2D eigenvalue weighted by Gasteiger charge is 2.14. The summed E-state index contributed by atoms with van der Waals surface area (Å²) < 4.78 is 8.72. The number of imidazole rings is 1. The van der Waals surface area contributed by atoms with Crippen molar-refractivity contribution in [1.82, 2.24) is 19.7 Å². The van der Waals surface area contributed by atoms with Crippen LogP contribution in [0.15, 0.2) is 68.8 Å². The van der Waals surface area contributed by atoms with Gasteiger partial charge in [0.25, 0.3) is 5.69 Å². The molecule has 0 saturated carbocycles. The van der Waals surface area contributed by atoms with E-state index in [1.165, 1.54) is 23.9 Å². The Hall–Kier alpha value is -2.98. The molecular weight excluding hydrogens is 458 g/mol. The van der Waals surface area contributed by atoms with Crippen LogP contribution in [0.1, 0.15) is 5.89 Å². The van der Waals surface area contributed by atoms with Crippen molar-refractivity contribution in [3.05, 3.63) is 75.2 Å². The van der Waals surface area contributed by atoms with Crippen LogP contribution in [-0.2, 0) is 12.8 Å². The number of rotatable bonds is 6. The minimum Gasteiger partial charge on any atom is -0.420 e. The molecule has 2 aromatic heterocycles. The zero-order valence-electron chi connectivity index (χ0n) is 15.2. The largest absolute Gasteiger partial charge is 0.420 e. The van der Waals surface area contributed by atoms with Crippen molar-refractivity contribution < 1.29 is 9.34 Å². The molecule has 0 bridgehead atoms. The van der Waals surface area contributed by atoms with Gasteiger partial charge in [0.05, 0.1) is 22.6 Å². The van der Waals surface area contributed by atoms with E-state index in [1.54, 1.807) is 12.1 Å². The fourth-order valence-electron chi connectivity index (χ4n) is 2.70. The standard InChI is InChI=1S/C19H14BrN5O3S/c1-24-16(12-2-6-14(20)7-3-12)10-21-19(24)29-11-17-22-23-18(28-17)13-4-8-15(9-5-13)25(26)27/h2-10H,11H2,1H3. The Kier molecular flexibility index (Phi) is 5.45. The molecule has 0 radical (unpaired) electrons. The topological polar surface area (TPSA) is 99.9 Å². The summed E-state index contributed by atoms with van der Waals surface area (Å²) in [4.78, 5) is 14.8. The molecular formula is C19H14BrN5O3S. The third kappa shape index (κ3) is 4.22. The van der Waals surface area contributed by atoms with Crippen molar-refractivity contribution in [3.8, 4) is 22.7 Å². The van der Waals surface area contributed by atoms with Gasteiger partial charge in [-0.25, -0.2) is 4.98 Å². The van der Waals surface area contributed by atoms with Crippen LogP contribution in [0.3, 0.4) is 0 Å². The number of hydrogen-bond donors (Lipinski definition) is 0. The van der Waals surface area contributed by atoms with Gasteiger partial charge in [-0.2, -0.15) is 0 Å². The quantitative estimate of drug-likeness (QED) is 0.219. The van der Waals surface area contributed by atoms with Gasteiger partial charge in [0.2, 0.25) is 11.8 Å². The highest BCUT2D eigenvalue weighted by molar-refractivity contribution is 9.10. The van der Waals surface area contributed by atoms with Gasteiger partial charge in [0.1, 0.15) is 0 Å². The lowest BCUT2D eigenvalue weighted by molar-refractivity contribution is -0.384. The van der Waals surface area contributed by atoms with Crippen LogP contribution in [-0.4, -0.2) is 24.7 Å². The molecule has 0 fully saturated rings. The van der Waals surface area contributed by atoms with E-state index < -0.39 is 4.92 Å². The molecule has 8 nitrogen and oxygen atoms in total. The molecule has 29 heavy (non-hydrogen) atoms. The van der Waals surface area contributed by atoms with Crippen molar-refractivity contribution in [2.75, 3.05) is 0 Å². The van der Waals surface area contributed by atoms with E-state index in [0.29, 0.717) is 23.1 Å². The second-order valence-corrected chi connectivity index (χ2v) is 7.94. The van der Waals surface area contributed by atoms with Crippen LogP contribution >= 0.6 is 27.7 Å². The lowest BCUT2D eigenvalue weighted by Crippen LogP contribution is -1.94. The number of halogens is 1. The second-order valence-electron chi connectivity index (χ2n) is 6.09. The third-order valence-electron chi connectivity index (χ3n) is 4.20. The minimum atomic E-state index is -0.449. The van der Waals surface area contributed by atoms with Crippen LogP contribution in [0, 0.1) is 10.1 Å². The fraction of sp³-hybridized carbons (Fsp3) is 0.105. The molecule has 10 heteroatoms. The van der Waals surface area contributed by atoms with E-state index >= 15 is 0 Å². The van der Waals surface area contributed by atoms with Gasteiger partial charge in [-0.15, -0.1) is 10.2 Å². The van der Waals surface area contributed by atoms with Gasteiger partial charge in [-0.1, -0.05) is 39.8 Å². The Labute approximate surface area is 178 Å². The number of nitro groups is 1. The molecule has 4 aromatic rings. The monoisotopic (exact) mass is 471 g/mol. The first-order chi connectivity index (χ1) is 14.0. The molecule has 0 aliphatic heterocycles. The highest BCUT2D eigenvalue weighted by Crippen LogP contribution is 2.28. The molecule has 2 aromatic carbocycles. The SMILES string of the molecule is Cn1c(-c2ccc(Br)cc2)cnc1SCc1nnc(-c2ccc([N+](=O)[O-])cc2)o1. The number of non-ortho nitro benzene ring substituents is 1. The number of nitrogens with zero attached hydrogens (tertiary/aromatic N) is 5. The minimum absolute atomic E-state index is 0.0143. The first kappa shape index (κ1) is 19.3. The number of hydrogen-bond acceptors (Lipinski definition) is 7. The second kappa shape index (κ2) is 8.18. The maximum absolute atomic E-state index is 10.7. The van der Waals surface area contributed by atoms with Crippen LogP contribution < -0.4 is 0 Å². The van der Waals surface area contributed by atoms with Gasteiger partial charge in [0.15, 0.2) is 5.16 Å². The summed E-state index contributed by atoms with van der Waals surface area (Å²) in [6.07, 6.45) is 1.84. The van der Waals surface area contributed by atoms with Gasteiger partial charge >= 0.3 is 0 Å². The smallest absolute Gasteiger partial charge is 0.269 e. The molecule has 0 aliphatic rings. The molecule has 0 unspecified atom stereocenters. The zero-order chi connectivity index (χ0) is 20.4. The van der Waals surface area contributed by atoms with E-state index in [0.717, 1.165) is 20.9 Å². The maximum atomic E-state index is 10.7. The van der Waals surface area contributed by atoms with Gasteiger partial charge in [0, 0.05) is 29.2 Å². The average Bonchev–Trinajstić information content (AvgIpc) is 3.34. The molecule has 0 amide bonds. The third-order valence-corrected chi connectivity index (χ3v) is 5.76. The van der Waals surface area contributed by atoms with Crippen molar-refractivity contribution >= 4 is 33.4 Å². The van der Waals surface area contributed by atoms with Crippen molar-refractivity contribution in [3.63, 3.8) is 0 Å². The Balaban J connectivity index is 1.45. The van der Waals surface area contributed by atoms with Crippen molar-refractivity contribution in [2.24, 2.45) is 7.05 Å². The normalized spacial score (nSPS) is 11.0. The summed E-state index contributed by atoms with van der Waals surface area (Å²) in [5, 5.41) is 19.7. The molecule has 146 valence electrons. The van der Waals surface area contributed by atoms with E-state index in [9.17, 15) is 10.1 Å². The molecule has 0 aliphatic carbocycles. The van der Waals surface area contributed by atoms with Gasteiger partial charge in [-0.3, -0.25) is 10.1 Å². The van der Waals surface area contributed by atoms with Crippen LogP contribution in [0.2, 0.25) is 0 Å². The molecule has 0 spiro atoms. The number of aromatic nitrogens is 4. The highest BCUT2D eigenvalue weighted by atomic mass is 79.9. The summed E-state index contributed by atoms with van der Waals surface area (Å²) in [7, 11) is 1.96. The molecule has 2 heterocycles. The molecule has 4 rings (SSSR count). The van der Waals surface area contributed by atoms with Crippen LogP contribution in [0.5, 0.6) is 0 Å². The molecule has 0 N–H and O–H groups in total. The number of nitro benzene ring substituents is 1. The summed E-state index contributed by atoms with van der Waals surface area (Å²) in [5.74, 6) is 1.24. The average molecular weight is 472 g/mol. The number of thioether (sulfide) groups is 1. The van der Waals surface area contributed by atoms with E-state index in [2.05, 4.69) is 31.1 Å². The van der Waals surface area contributed by atoms with Crippen LogP contribution in [0.25, 0.3) is 22.7 Å². The Morgan fingerprint density at radius 1 is 1.10 bits per heavy atom. The number of benzene rings is 2. The fourth-order valence-corrected chi connectivity index (χ4v) is 3.75. The zero-order valence-corrected chi connectivity index (χ0v) is 17.6. The predicted molar refractivity (Wildman–Crippen MR) is 112 cm³/mol. The van der Waals surface area contributed by atoms with E-state index in [4.69, 9.17) is 4.42 Å². The summed E-state index contributed by atoms with van der Waals surface area (Å²) in [5.41, 5.74) is 2.74. The molecule has 0 atom stereocenters. The predicted octanol–water partition coefficient (Wildman–Crippen LogP) is 5.10.